The van der Waals surface area contributed by atoms with Crippen molar-refractivity contribution in [3.8, 4) is 5.75 Å². The largest absolute Gasteiger partial charge is 0.494 e. The highest BCUT2D eigenvalue weighted by Gasteiger charge is 2.24. The molecule has 1 aliphatic rings. The van der Waals surface area contributed by atoms with Gasteiger partial charge in [0.2, 0.25) is 0 Å². The average Bonchev–Trinajstić information content (AvgIpc) is 3.20. The van der Waals surface area contributed by atoms with Gasteiger partial charge in [-0.1, -0.05) is 11.6 Å². The smallest absolute Gasteiger partial charge is 0.317 e. The molecule has 0 aromatic heterocycles. The Labute approximate surface area is 124 Å². The van der Waals surface area contributed by atoms with Crippen LogP contribution < -0.4 is 4.74 Å². The zero-order valence-electron chi connectivity index (χ0n) is 11.4. The number of hydrogen-bond donors (Lipinski definition) is 1. The van der Waals surface area contributed by atoms with E-state index >= 15 is 0 Å². The van der Waals surface area contributed by atoms with Crippen molar-refractivity contribution in [1.29, 1.82) is 0 Å². The molecule has 0 heterocycles. The molecule has 0 radical (unpaired) electrons. The number of aliphatic carboxylic acids is 1. The fraction of sp³-hybridized carbons (Fsp3) is 0.533. The normalized spacial score (nSPS) is 14.5. The highest BCUT2D eigenvalue weighted by molar-refractivity contribution is 6.30. The predicted molar refractivity (Wildman–Crippen MR) is 78.4 cm³/mol. The van der Waals surface area contributed by atoms with Crippen molar-refractivity contribution in [2.75, 3.05) is 26.2 Å². The van der Waals surface area contributed by atoms with E-state index in [0.717, 1.165) is 25.3 Å². The maximum atomic E-state index is 10.8. The van der Waals surface area contributed by atoms with Crippen molar-refractivity contribution in [3.63, 3.8) is 0 Å². The van der Waals surface area contributed by atoms with Gasteiger partial charge in [0.05, 0.1) is 13.2 Å². The molecule has 0 saturated heterocycles. The van der Waals surface area contributed by atoms with Gasteiger partial charge in [-0.15, -0.1) is 0 Å². The molecular weight excluding hydrogens is 278 g/mol. The molecule has 20 heavy (non-hydrogen) atoms. The molecule has 0 atom stereocenters. The molecule has 2 rings (SSSR count). The Morgan fingerprint density at radius 3 is 2.65 bits per heavy atom. The van der Waals surface area contributed by atoms with Gasteiger partial charge in [-0.05, 0) is 49.4 Å². The number of benzene rings is 1. The molecule has 0 spiro atoms. The minimum absolute atomic E-state index is 0.122. The summed E-state index contributed by atoms with van der Waals surface area (Å²) in [5, 5.41) is 9.58. The Kier molecular flexibility index (Phi) is 5.68. The second-order valence-corrected chi connectivity index (χ2v) is 5.66. The summed E-state index contributed by atoms with van der Waals surface area (Å²) in [5.74, 6) is 0.734. The molecule has 4 nitrogen and oxygen atoms in total. The maximum absolute atomic E-state index is 10.8. The Bertz CT molecular complexity index is 431. The Morgan fingerprint density at radius 2 is 2.05 bits per heavy atom. The van der Waals surface area contributed by atoms with Crippen LogP contribution in [0, 0.1) is 5.92 Å². The van der Waals surface area contributed by atoms with Crippen LogP contribution in [0.5, 0.6) is 5.75 Å². The summed E-state index contributed by atoms with van der Waals surface area (Å²) in [6.45, 7) is 2.36. The molecule has 0 aliphatic heterocycles. The van der Waals surface area contributed by atoms with Gasteiger partial charge in [-0.2, -0.15) is 0 Å². The summed E-state index contributed by atoms with van der Waals surface area (Å²) in [6, 6.07) is 7.25. The van der Waals surface area contributed by atoms with Crippen LogP contribution in [0.4, 0.5) is 0 Å². The Morgan fingerprint density at radius 1 is 1.35 bits per heavy atom. The number of nitrogens with zero attached hydrogens (tertiary/aromatic N) is 1. The van der Waals surface area contributed by atoms with Crippen LogP contribution in [-0.2, 0) is 4.79 Å². The molecule has 110 valence electrons. The molecule has 1 N–H and O–H groups in total. The number of ether oxygens (including phenoxy) is 1. The number of carboxylic acids is 1. The van der Waals surface area contributed by atoms with Crippen LogP contribution >= 0.6 is 11.6 Å². The summed E-state index contributed by atoms with van der Waals surface area (Å²) in [4.78, 5) is 12.8. The topological polar surface area (TPSA) is 49.8 Å². The van der Waals surface area contributed by atoms with E-state index in [9.17, 15) is 4.79 Å². The lowest BCUT2D eigenvalue weighted by atomic mass is 10.3. The third kappa shape index (κ3) is 5.80. The van der Waals surface area contributed by atoms with E-state index in [1.54, 1.807) is 12.1 Å². The highest BCUT2D eigenvalue weighted by atomic mass is 35.5. The molecule has 1 aromatic carbocycles. The van der Waals surface area contributed by atoms with E-state index in [1.165, 1.54) is 12.8 Å². The Hall–Kier alpha value is -1.26. The summed E-state index contributed by atoms with van der Waals surface area (Å²) < 4.78 is 5.60. The van der Waals surface area contributed by atoms with E-state index in [-0.39, 0.29) is 6.54 Å². The highest BCUT2D eigenvalue weighted by Crippen LogP contribution is 2.29. The Balaban J connectivity index is 1.66. The zero-order valence-corrected chi connectivity index (χ0v) is 12.2. The van der Waals surface area contributed by atoms with Gasteiger partial charge in [-0.3, -0.25) is 9.69 Å². The van der Waals surface area contributed by atoms with Gasteiger partial charge in [0.1, 0.15) is 5.75 Å². The zero-order chi connectivity index (χ0) is 14.4. The molecule has 0 unspecified atom stereocenters. The molecule has 1 aromatic rings. The van der Waals surface area contributed by atoms with Gasteiger partial charge < -0.3 is 9.84 Å². The summed E-state index contributed by atoms with van der Waals surface area (Å²) in [5.41, 5.74) is 0. The average molecular weight is 298 g/mol. The van der Waals surface area contributed by atoms with Crippen LogP contribution in [0.1, 0.15) is 19.3 Å². The fourth-order valence-corrected chi connectivity index (χ4v) is 2.23. The summed E-state index contributed by atoms with van der Waals surface area (Å²) in [7, 11) is 0. The van der Waals surface area contributed by atoms with Gasteiger partial charge >= 0.3 is 5.97 Å². The fourth-order valence-electron chi connectivity index (χ4n) is 2.10. The van der Waals surface area contributed by atoms with Crippen molar-refractivity contribution >= 4 is 17.6 Å². The first-order valence-corrected chi connectivity index (χ1v) is 7.34. The monoisotopic (exact) mass is 297 g/mol. The van der Waals surface area contributed by atoms with Crippen LogP contribution in [0.15, 0.2) is 24.3 Å². The van der Waals surface area contributed by atoms with Crippen molar-refractivity contribution in [2.24, 2.45) is 5.92 Å². The van der Waals surface area contributed by atoms with E-state index in [4.69, 9.17) is 21.4 Å². The van der Waals surface area contributed by atoms with Crippen LogP contribution in [0.3, 0.4) is 0 Å². The molecule has 1 aliphatic carbocycles. The van der Waals surface area contributed by atoms with Gasteiger partial charge in [0, 0.05) is 18.1 Å². The molecule has 5 heteroatoms. The molecule has 1 saturated carbocycles. The molecule has 0 bridgehead atoms. The summed E-state index contributed by atoms with van der Waals surface area (Å²) in [6.07, 6.45) is 3.29. The van der Waals surface area contributed by atoms with Crippen LogP contribution in [-0.4, -0.2) is 42.2 Å². The van der Waals surface area contributed by atoms with E-state index < -0.39 is 5.97 Å². The standard InChI is InChI=1S/C15H20ClNO3/c16-13-4-6-14(7-5-13)20-9-1-8-17(11-15(18)19)10-12-2-3-12/h4-7,12H,1-3,8-11H2,(H,18,19). The number of halogens is 1. The van der Waals surface area contributed by atoms with Gasteiger partial charge in [-0.25, -0.2) is 0 Å². The quantitative estimate of drug-likeness (QED) is 0.712. The predicted octanol–water partition coefficient (Wildman–Crippen LogP) is 2.91. The van der Waals surface area contributed by atoms with Crippen LogP contribution in [0.25, 0.3) is 0 Å². The molecular formula is C15H20ClNO3. The molecule has 0 amide bonds. The number of carboxylic acid groups (broad SMARTS) is 1. The SMILES string of the molecule is O=C(O)CN(CCCOc1ccc(Cl)cc1)CC1CC1. The van der Waals surface area contributed by atoms with Crippen molar-refractivity contribution in [2.45, 2.75) is 19.3 Å². The lowest BCUT2D eigenvalue weighted by Crippen LogP contribution is -2.33. The third-order valence-corrected chi connectivity index (χ3v) is 3.53. The van der Waals surface area contributed by atoms with Crippen molar-refractivity contribution in [3.05, 3.63) is 29.3 Å². The van der Waals surface area contributed by atoms with E-state index in [0.29, 0.717) is 17.5 Å². The first-order chi connectivity index (χ1) is 9.63. The van der Waals surface area contributed by atoms with Crippen molar-refractivity contribution < 1.29 is 14.6 Å². The van der Waals surface area contributed by atoms with Gasteiger partial charge in [0.25, 0.3) is 0 Å². The number of carbonyl (C=O) groups is 1. The van der Waals surface area contributed by atoms with Gasteiger partial charge in [0.15, 0.2) is 0 Å². The van der Waals surface area contributed by atoms with E-state index in [1.807, 2.05) is 17.0 Å². The number of hydrogen-bond acceptors (Lipinski definition) is 3. The number of rotatable bonds is 9. The first kappa shape index (κ1) is 15.1. The summed E-state index contributed by atoms with van der Waals surface area (Å²) >= 11 is 5.80. The second-order valence-electron chi connectivity index (χ2n) is 5.23. The lowest BCUT2D eigenvalue weighted by molar-refractivity contribution is -0.138. The lowest BCUT2D eigenvalue weighted by Gasteiger charge is -2.19. The van der Waals surface area contributed by atoms with E-state index in [2.05, 4.69) is 0 Å². The molecule has 1 fully saturated rings. The first-order valence-electron chi connectivity index (χ1n) is 6.96. The minimum Gasteiger partial charge on any atom is -0.494 e. The second kappa shape index (κ2) is 7.50. The van der Waals surface area contributed by atoms with Crippen molar-refractivity contribution in [1.82, 2.24) is 4.90 Å². The van der Waals surface area contributed by atoms with Crippen LogP contribution in [0.2, 0.25) is 5.02 Å². The maximum Gasteiger partial charge on any atom is 0.317 e. The minimum atomic E-state index is -0.760. The third-order valence-electron chi connectivity index (χ3n) is 3.27.